The molecule has 0 spiro atoms. The van der Waals surface area contributed by atoms with Crippen LogP contribution in [0.25, 0.3) is 16.3 Å². The number of nitrogens with zero attached hydrogens (tertiary/aromatic N) is 4. The van der Waals surface area contributed by atoms with Crippen molar-refractivity contribution in [1.82, 2.24) is 0 Å². The van der Waals surface area contributed by atoms with Gasteiger partial charge in [-0.25, -0.2) is 0 Å². The summed E-state index contributed by atoms with van der Waals surface area (Å²) in [7, 11) is 0. The number of nitriles is 3. The van der Waals surface area contributed by atoms with Crippen molar-refractivity contribution in [3.05, 3.63) is 58.9 Å². The summed E-state index contributed by atoms with van der Waals surface area (Å²) in [6, 6.07) is 18.0. The predicted octanol–water partition coefficient (Wildman–Crippen LogP) is 5.61. The molecule has 0 fully saturated rings. The van der Waals surface area contributed by atoms with Gasteiger partial charge in [0.1, 0.15) is 29.4 Å². The molecule has 34 heavy (non-hydrogen) atoms. The first-order valence-electron chi connectivity index (χ1n) is 11.7. The van der Waals surface area contributed by atoms with E-state index in [-0.39, 0.29) is 23.5 Å². The van der Waals surface area contributed by atoms with E-state index < -0.39 is 5.60 Å². The Morgan fingerprint density at radius 3 is 2.32 bits per heavy atom. The Morgan fingerprint density at radius 1 is 0.971 bits per heavy atom. The topological polar surface area (TPSA) is 104 Å². The molecule has 3 rings (SSSR count). The van der Waals surface area contributed by atoms with Gasteiger partial charge in [0.2, 0.25) is 0 Å². The monoisotopic (exact) mass is 454 g/mol. The molecule has 1 aliphatic heterocycles. The summed E-state index contributed by atoms with van der Waals surface area (Å²) in [5.41, 5.74) is 1.72. The van der Waals surface area contributed by atoms with E-state index in [1.807, 2.05) is 50.3 Å². The fourth-order valence-corrected chi connectivity index (χ4v) is 4.48. The van der Waals surface area contributed by atoms with Crippen LogP contribution in [-0.2, 0) is 4.74 Å². The maximum atomic E-state index is 9.84. The lowest BCUT2D eigenvalue weighted by atomic mass is 9.88. The van der Waals surface area contributed by atoms with Gasteiger partial charge in [0.25, 0.3) is 0 Å². The number of rotatable bonds is 9. The van der Waals surface area contributed by atoms with Crippen molar-refractivity contribution in [2.24, 2.45) is 0 Å². The zero-order valence-electron chi connectivity index (χ0n) is 20.1. The minimum Gasteiger partial charge on any atom is -0.480 e. The number of unbranched alkanes of at least 4 members (excludes halogenated alkanes) is 3. The lowest BCUT2D eigenvalue weighted by Gasteiger charge is -2.25. The molecule has 0 radical (unpaired) electrons. The maximum absolute atomic E-state index is 9.84. The molecule has 2 aromatic carbocycles. The van der Waals surface area contributed by atoms with Crippen molar-refractivity contribution in [3.63, 3.8) is 0 Å². The number of hydrogen-bond acceptors (Lipinski definition) is 6. The Balaban J connectivity index is 2.01. The van der Waals surface area contributed by atoms with Crippen LogP contribution in [0.1, 0.15) is 52.0 Å². The van der Waals surface area contributed by atoms with Crippen molar-refractivity contribution in [2.45, 2.75) is 52.1 Å². The molecular formula is C28H30N4O2. The first-order valence-corrected chi connectivity index (χ1v) is 11.7. The first kappa shape index (κ1) is 24.8. The van der Waals surface area contributed by atoms with Crippen LogP contribution < -0.4 is 4.90 Å². The van der Waals surface area contributed by atoms with Gasteiger partial charge in [-0.1, -0.05) is 44.4 Å². The predicted molar refractivity (Wildman–Crippen MR) is 133 cm³/mol. The average Bonchev–Trinajstić information content (AvgIpc) is 3.11. The molecule has 0 atom stereocenters. The molecular weight excluding hydrogens is 424 g/mol. The number of ether oxygens (including phenoxy) is 1. The summed E-state index contributed by atoms with van der Waals surface area (Å²) in [4.78, 5) is 2.22. The first-order chi connectivity index (χ1) is 16.4. The van der Waals surface area contributed by atoms with Crippen molar-refractivity contribution < 1.29 is 9.84 Å². The molecule has 2 aromatic rings. The summed E-state index contributed by atoms with van der Waals surface area (Å²) in [6.45, 7) is 7.46. The number of aliphatic hydroxyl groups is 1. The zero-order valence-corrected chi connectivity index (χ0v) is 20.1. The Labute approximate surface area is 201 Å². The number of benzene rings is 2. The third-order valence-corrected chi connectivity index (χ3v) is 6.13. The van der Waals surface area contributed by atoms with E-state index in [1.165, 1.54) is 19.3 Å². The van der Waals surface area contributed by atoms with Crippen LogP contribution in [0.15, 0.2) is 53.3 Å². The van der Waals surface area contributed by atoms with Crippen LogP contribution >= 0.6 is 0 Å². The lowest BCUT2D eigenvalue weighted by Crippen LogP contribution is -2.27. The van der Waals surface area contributed by atoms with E-state index in [1.54, 1.807) is 0 Å². The van der Waals surface area contributed by atoms with Gasteiger partial charge in [-0.3, -0.25) is 0 Å². The SMILES string of the molecule is CCCCCCN(CCO)c1ccc2cc(C3=C(C#N)C(=C(C#N)C#N)OC3(C)C)ccc2c1. The second kappa shape index (κ2) is 10.9. The molecule has 6 heteroatoms. The molecule has 0 saturated heterocycles. The van der Waals surface area contributed by atoms with Crippen LogP contribution in [0, 0.1) is 34.0 Å². The number of hydrogen-bond donors (Lipinski definition) is 1. The fourth-order valence-electron chi connectivity index (χ4n) is 4.48. The minimum absolute atomic E-state index is 0.0469. The molecule has 174 valence electrons. The van der Waals surface area contributed by atoms with Gasteiger partial charge in [0.15, 0.2) is 11.3 Å². The Bertz CT molecular complexity index is 1240. The van der Waals surface area contributed by atoms with Crippen LogP contribution in [0.4, 0.5) is 5.69 Å². The fraction of sp³-hybridized carbons (Fsp3) is 0.393. The molecule has 0 saturated carbocycles. The van der Waals surface area contributed by atoms with Crippen molar-refractivity contribution in [2.75, 3.05) is 24.6 Å². The molecule has 1 N–H and O–H groups in total. The summed E-state index contributed by atoms with van der Waals surface area (Å²) in [6.07, 6.45) is 4.68. The third kappa shape index (κ3) is 5.07. The van der Waals surface area contributed by atoms with Crippen LogP contribution in [-0.4, -0.2) is 30.4 Å². The average molecular weight is 455 g/mol. The second-order valence-electron chi connectivity index (χ2n) is 8.92. The maximum Gasteiger partial charge on any atom is 0.172 e. The highest BCUT2D eigenvalue weighted by molar-refractivity contribution is 5.92. The smallest absolute Gasteiger partial charge is 0.172 e. The molecule has 0 aliphatic carbocycles. The summed E-state index contributed by atoms with van der Waals surface area (Å²) in [5.74, 6) is 0.0469. The highest BCUT2D eigenvalue weighted by Crippen LogP contribution is 2.45. The summed E-state index contributed by atoms with van der Waals surface area (Å²) < 4.78 is 5.92. The van der Waals surface area contributed by atoms with Crippen molar-refractivity contribution in [1.29, 1.82) is 15.8 Å². The highest BCUT2D eigenvalue weighted by Gasteiger charge is 2.40. The Morgan fingerprint density at radius 2 is 1.68 bits per heavy atom. The van der Waals surface area contributed by atoms with Crippen molar-refractivity contribution >= 4 is 22.0 Å². The Kier molecular flexibility index (Phi) is 7.95. The number of aliphatic hydroxyl groups excluding tert-OH is 1. The quantitative estimate of drug-likeness (QED) is 0.390. The van der Waals surface area contributed by atoms with E-state index in [0.29, 0.717) is 12.1 Å². The van der Waals surface area contributed by atoms with Gasteiger partial charge < -0.3 is 14.7 Å². The van der Waals surface area contributed by atoms with Crippen LogP contribution in [0.2, 0.25) is 0 Å². The van der Waals surface area contributed by atoms with Gasteiger partial charge in [-0.15, -0.1) is 0 Å². The summed E-state index contributed by atoms with van der Waals surface area (Å²) in [5, 5.41) is 40.0. The van der Waals surface area contributed by atoms with Gasteiger partial charge in [-0.05, 0) is 54.8 Å². The molecule has 0 amide bonds. The van der Waals surface area contributed by atoms with E-state index in [0.717, 1.165) is 35.0 Å². The van der Waals surface area contributed by atoms with Crippen molar-refractivity contribution in [3.8, 4) is 18.2 Å². The standard InChI is InChI=1S/C28H30N4O2/c1-4-5-6-7-12-32(13-14-33)24-11-10-20-15-22(9-8-21(20)16-24)26-25(19-31)27(23(17-29)18-30)34-28(26,2)3/h8-11,15-16,33H,4-7,12-14H2,1-3H3. The van der Waals surface area contributed by atoms with Gasteiger partial charge in [0.05, 0.1) is 6.61 Å². The molecule has 1 aliphatic rings. The molecule has 1 heterocycles. The van der Waals surface area contributed by atoms with Crippen LogP contribution in [0.5, 0.6) is 0 Å². The van der Waals surface area contributed by atoms with E-state index in [2.05, 4.69) is 30.0 Å². The highest BCUT2D eigenvalue weighted by atomic mass is 16.5. The molecule has 0 unspecified atom stereocenters. The van der Waals surface area contributed by atoms with Gasteiger partial charge in [-0.2, -0.15) is 15.8 Å². The van der Waals surface area contributed by atoms with E-state index in [4.69, 9.17) is 4.74 Å². The largest absolute Gasteiger partial charge is 0.480 e. The van der Waals surface area contributed by atoms with Gasteiger partial charge >= 0.3 is 0 Å². The Hall–Kier alpha value is -3.79. The molecule has 0 aromatic heterocycles. The minimum atomic E-state index is -0.858. The second-order valence-corrected chi connectivity index (χ2v) is 8.92. The van der Waals surface area contributed by atoms with E-state index in [9.17, 15) is 20.9 Å². The summed E-state index contributed by atoms with van der Waals surface area (Å²) >= 11 is 0. The number of anilines is 1. The van der Waals surface area contributed by atoms with Crippen LogP contribution in [0.3, 0.4) is 0 Å². The molecule has 0 bridgehead atoms. The number of allylic oxidation sites excluding steroid dienone is 2. The molecule has 6 nitrogen and oxygen atoms in total. The zero-order chi connectivity index (χ0) is 24.7. The van der Waals surface area contributed by atoms with Gasteiger partial charge in [0, 0.05) is 24.4 Å². The third-order valence-electron chi connectivity index (χ3n) is 6.13. The normalized spacial score (nSPS) is 14.3. The number of fused-ring (bicyclic) bond motifs is 1. The van der Waals surface area contributed by atoms with E-state index >= 15 is 0 Å². The lowest BCUT2D eigenvalue weighted by molar-refractivity contribution is 0.109.